The summed E-state index contributed by atoms with van der Waals surface area (Å²) in [5, 5.41) is 8.75. The van der Waals surface area contributed by atoms with E-state index in [0.717, 1.165) is 22.4 Å². The van der Waals surface area contributed by atoms with Crippen molar-refractivity contribution in [1.82, 2.24) is 14.8 Å². The summed E-state index contributed by atoms with van der Waals surface area (Å²) in [4.78, 5) is 0. The SMILES string of the molecule is Cn1cnnc1SC[C@H]1COc2ccccc2O1. The quantitative estimate of drug-likeness (QED) is 0.790. The van der Waals surface area contributed by atoms with E-state index in [0.29, 0.717) is 6.61 Å². The molecule has 0 radical (unpaired) electrons. The van der Waals surface area contributed by atoms with Crippen LogP contribution < -0.4 is 9.47 Å². The summed E-state index contributed by atoms with van der Waals surface area (Å²) in [6.45, 7) is 0.571. The molecule has 0 N–H and O–H groups in total. The monoisotopic (exact) mass is 263 g/mol. The van der Waals surface area contributed by atoms with Crippen molar-refractivity contribution in [3.63, 3.8) is 0 Å². The highest BCUT2D eigenvalue weighted by molar-refractivity contribution is 7.99. The van der Waals surface area contributed by atoms with Gasteiger partial charge in [0.2, 0.25) is 0 Å². The number of benzene rings is 1. The van der Waals surface area contributed by atoms with Gasteiger partial charge in [-0.3, -0.25) is 0 Å². The first-order valence-corrected chi connectivity index (χ1v) is 6.67. The van der Waals surface area contributed by atoms with Crippen LogP contribution in [0.4, 0.5) is 0 Å². The molecule has 1 aliphatic rings. The number of aromatic nitrogens is 3. The molecule has 2 aromatic rings. The van der Waals surface area contributed by atoms with Crippen molar-refractivity contribution in [2.24, 2.45) is 7.05 Å². The average Bonchev–Trinajstić information content (AvgIpc) is 2.82. The van der Waals surface area contributed by atoms with Gasteiger partial charge in [0.15, 0.2) is 16.7 Å². The van der Waals surface area contributed by atoms with Gasteiger partial charge in [-0.15, -0.1) is 10.2 Å². The van der Waals surface area contributed by atoms with E-state index in [1.165, 1.54) is 0 Å². The smallest absolute Gasteiger partial charge is 0.190 e. The normalized spacial score (nSPS) is 17.7. The molecular formula is C12H13N3O2S. The van der Waals surface area contributed by atoms with Crippen molar-refractivity contribution < 1.29 is 9.47 Å². The van der Waals surface area contributed by atoms with Crippen molar-refractivity contribution in [2.75, 3.05) is 12.4 Å². The van der Waals surface area contributed by atoms with Crippen LogP contribution in [0.15, 0.2) is 35.7 Å². The average molecular weight is 263 g/mol. The molecule has 1 aliphatic heterocycles. The van der Waals surface area contributed by atoms with Crippen LogP contribution in [-0.2, 0) is 7.05 Å². The second-order valence-electron chi connectivity index (χ2n) is 4.03. The van der Waals surface area contributed by atoms with Crippen LogP contribution in [0.25, 0.3) is 0 Å². The third-order valence-electron chi connectivity index (χ3n) is 2.64. The molecule has 94 valence electrons. The maximum Gasteiger partial charge on any atom is 0.190 e. The van der Waals surface area contributed by atoms with Crippen LogP contribution in [0.3, 0.4) is 0 Å². The van der Waals surface area contributed by atoms with Gasteiger partial charge < -0.3 is 14.0 Å². The summed E-state index contributed by atoms with van der Waals surface area (Å²) < 4.78 is 13.4. The summed E-state index contributed by atoms with van der Waals surface area (Å²) in [6, 6.07) is 7.73. The fourth-order valence-electron chi connectivity index (χ4n) is 1.72. The molecule has 1 aromatic heterocycles. The van der Waals surface area contributed by atoms with Gasteiger partial charge in [-0.2, -0.15) is 0 Å². The maximum atomic E-state index is 5.87. The highest BCUT2D eigenvalue weighted by Crippen LogP contribution is 2.32. The minimum absolute atomic E-state index is 0.0431. The zero-order chi connectivity index (χ0) is 12.4. The highest BCUT2D eigenvalue weighted by atomic mass is 32.2. The molecule has 0 aliphatic carbocycles. The van der Waals surface area contributed by atoms with Crippen LogP contribution in [0, 0.1) is 0 Å². The minimum Gasteiger partial charge on any atom is -0.486 e. The Bertz CT molecular complexity index is 544. The number of nitrogens with zero attached hydrogens (tertiary/aromatic N) is 3. The Morgan fingerprint density at radius 1 is 1.39 bits per heavy atom. The summed E-state index contributed by atoms with van der Waals surface area (Å²) in [5.41, 5.74) is 0. The molecule has 0 unspecified atom stereocenters. The van der Waals surface area contributed by atoms with Crippen LogP contribution >= 0.6 is 11.8 Å². The fourth-order valence-corrected chi connectivity index (χ4v) is 2.57. The standard InChI is InChI=1S/C12H13N3O2S/c1-15-8-13-14-12(15)18-7-9-6-16-10-4-2-3-5-11(10)17-9/h2-5,8-9H,6-7H2,1H3/t9-/m1/s1. The van der Waals surface area contributed by atoms with Gasteiger partial charge in [0, 0.05) is 12.8 Å². The first-order valence-electron chi connectivity index (χ1n) is 5.68. The molecule has 5 nitrogen and oxygen atoms in total. The zero-order valence-corrected chi connectivity index (χ0v) is 10.8. The molecule has 6 heteroatoms. The molecule has 0 saturated carbocycles. The molecular weight excluding hydrogens is 250 g/mol. The number of fused-ring (bicyclic) bond motifs is 1. The third-order valence-corrected chi connectivity index (χ3v) is 3.80. The largest absolute Gasteiger partial charge is 0.486 e. The van der Waals surface area contributed by atoms with Crippen molar-refractivity contribution >= 4 is 11.8 Å². The van der Waals surface area contributed by atoms with Gasteiger partial charge >= 0.3 is 0 Å². The van der Waals surface area contributed by atoms with E-state index < -0.39 is 0 Å². The number of rotatable bonds is 3. The first-order chi connectivity index (χ1) is 8.83. The Kier molecular flexibility index (Phi) is 3.10. The van der Waals surface area contributed by atoms with Crippen LogP contribution in [0.5, 0.6) is 11.5 Å². The summed E-state index contributed by atoms with van der Waals surface area (Å²) in [7, 11) is 1.93. The molecule has 3 rings (SSSR count). The van der Waals surface area contributed by atoms with Crippen LogP contribution in [-0.4, -0.2) is 33.2 Å². The van der Waals surface area contributed by atoms with E-state index in [1.54, 1.807) is 18.1 Å². The van der Waals surface area contributed by atoms with Gasteiger partial charge in [-0.25, -0.2) is 0 Å². The van der Waals surface area contributed by atoms with Crippen molar-refractivity contribution in [1.29, 1.82) is 0 Å². The van der Waals surface area contributed by atoms with Gasteiger partial charge in [-0.05, 0) is 12.1 Å². The van der Waals surface area contributed by atoms with Crippen molar-refractivity contribution in [3.8, 4) is 11.5 Å². The minimum atomic E-state index is 0.0431. The predicted molar refractivity (Wildman–Crippen MR) is 68.1 cm³/mol. The third kappa shape index (κ3) is 2.28. The molecule has 1 aromatic carbocycles. The van der Waals surface area contributed by atoms with Crippen molar-refractivity contribution in [2.45, 2.75) is 11.3 Å². The lowest BCUT2D eigenvalue weighted by molar-refractivity contribution is 0.107. The van der Waals surface area contributed by atoms with Crippen molar-refractivity contribution in [3.05, 3.63) is 30.6 Å². The Hall–Kier alpha value is -1.69. The van der Waals surface area contributed by atoms with Gasteiger partial charge in [0.25, 0.3) is 0 Å². The lowest BCUT2D eigenvalue weighted by Gasteiger charge is -2.25. The molecule has 0 spiro atoms. The Morgan fingerprint density at radius 2 is 2.22 bits per heavy atom. The molecule has 0 bridgehead atoms. The number of ether oxygens (including phenoxy) is 2. The first kappa shape index (κ1) is 11.4. The molecule has 2 heterocycles. The van der Waals surface area contributed by atoms with Gasteiger partial charge in [-0.1, -0.05) is 23.9 Å². The van der Waals surface area contributed by atoms with E-state index in [9.17, 15) is 0 Å². The predicted octanol–water partition coefficient (Wildman–Crippen LogP) is 1.75. The number of hydrogen-bond acceptors (Lipinski definition) is 5. The van der Waals surface area contributed by atoms with Gasteiger partial charge in [0.05, 0.1) is 0 Å². The molecule has 18 heavy (non-hydrogen) atoms. The van der Waals surface area contributed by atoms with E-state index in [4.69, 9.17) is 9.47 Å². The second kappa shape index (κ2) is 4.89. The topological polar surface area (TPSA) is 49.2 Å². The second-order valence-corrected chi connectivity index (χ2v) is 5.02. The Labute approximate surface area is 109 Å². The maximum absolute atomic E-state index is 5.87. The van der Waals surface area contributed by atoms with Crippen LogP contribution in [0.2, 0.25) is 0 Å². The highest BCUT2D eigenvalue weighted by Gasteiger charge is 2.21. The summed E-state index contributed by atoms with van der Waals surface area (Å²) in [5.74, 6) is 2.42. The van der Waals surface area contributed by atoms with E-state index in [2.05, 4.69) is 10.2 Å². The zero-order valence-electron chi connectivity index (χ0n) is 9.94. The molecule has 0 fully saturated rings. The van der Waals surface area contributed by atoms with E-state index >= 15 is 0 Å². The van der Waals surface area contributed by atoms with Crippen LogP contribution in [0.1, 0.15) is 0 Å². The lowest BCUT2D eigenvalue weighted by atomic mass is 10.3. The number of thioether (sulfide) groups is 1. The number of aryl methyl sites for hydroxylation is 1. The summed E-state index contributed by atoms with van der Waals surface area (Å²) in [6.07, 6.45) is 1.73. The van der Waals surface area contributed by atoms with E-state index in [-0.39, 0.29) is 6.10 Å². The Morgan fingerprint density at radius 3 is 3.00 bits per heavy atom. The molecule has 0 saturated heterocycles. The molecule has 0 amide bonds. The molecule has 1 atom stereocenters. The summed E-state index contributed by atoms with van der Waals surface area (Å²) >= 11 is 1.62. The fraction of sp³-hybridized carbons (Fsp3) is 0.333. The van der Waals surface area contributed by atoms with E-state index in [1.807, 2.05) is 35.9 Å². The lowest BCUT2D eigenvalue weighted by Crippen LogP contribution is -2.31. The van der Waals surface area contributed by atoms with Gasteiger partial charge in [0.1, 0.15) is 19.0 Å². The number of hydrogen-bond donors (Lipinski definition) is 0. The Balaban J connectivity index is 1.61. The number of para-hydroxylation sites is 2.